The Labute approximate surface area is 137 Å². The summed E-state index contributed by atoms with van der Waals surface area (Å²) >= 11 is 0. The summed E-state index contributed by atoms with van der Waals surface area (Å²) in [6, 6.07) is 12.1. The van der Waals surface area contributed by atoms with Gasteiger partial charge in [-0.15, -0.1) is 0 Å². The van der Waals surface area contributed by atoms with Crippen LogP contribution in [0.1, 0.15) is 23.7 Å². The van der Waals surface area contributed by atoms with Gasteiger partial charge in [0, 0.05) is 25.4 Å². The third-order valence-corrected chi connectivity index (χ3v) is 3.36. The molecule has 1 aromatic heterocycles. The van der Waals surface area contributed by atoms with E-state index in [-0.39, 0.29) is 0 Å². The zero-order valence-corrected chi connectivity index (χ0v) is 14.0. The van der Waals surface area contributed by atoms with Gasteiger partial charge in [0.15, 0.2) is 5.96 Å². The van der Waals surface area contributed by atoms with Gasteiger partial charge in [0.05, 0.1) is 18.8 Å². The summed E-state index contributed by atoms with van der Waals surface area (Å²) in [5.74, 6) is 1.65. The van der Waals surface area contributed by atoms with Crippen molar-refractivity contribution in [3.05, 3.63) is 59.4 Å². The summed E-state index contributed by atoms with van der Waals surface area (Å²) in [4.78, 5) is 8.52. The number of benzene rings is 1. The van der Waals surface area contributed by atoms with E-state index >= 15 is 0 Å². The lowest BCUT2D eigenvalue weighted by molar-refractivity contribution is 0.336. The van der Waals surface area contributed by atoms with Crippen molar-refractivity contribution in [2.45, 2.75) is 26.9 Å². The van der Waals surface area contributed by atoms with E-state index in [1.807, 2.05) is 25.1 Å². The highest BCUT2D eigenvalue weighted by Crippen LogP contribution is 2.20. The SMILES string of the molecule is CCOc1cc(C)ccc1CNC(=NC)NCc1ccccn1. The highest BCUT2D eigenvalue weighted by molar-refractivity contribution is 5.79. The molecular formula is C18H24N4O. The fraction of sp³-hybridized carbons (Fsp3) is 0.333. The van der Waals surface area contributed by atoms with Crippen molar-refractivity contribution in [2.75, 3.05) is 13.7 Å². The molecule has 1 heterocycles. The lowest BCUT2D eigenvalue weighted by Crippen LogP contribution is -2.36. The van der Waals surface area contributed by atoms with Gasteiger partial charge in [-0.1, -0.05) is 18.2 Å². The van der Waals surface area contributed by atoms with Gasteiger partial charge in [0.25, 0.3) is 0 Å². The number of aryl methyl sites for hydroxylation is 1. The van der Waals surface area contributed by atoms with E-state index in [1.54, 1.807) is 13.2 Å². The van der Waals surface area contributed by atoms with Crippen LogP contribution in [-0.2, 0) is 13.1 Å². The molecule has 2 rings (SSSR count). The van der Waals surface area contributed by atoms with Crippen LogP contribution in [0.4, 0.5) is 0 Å². The van der Waals surface area contributed by atoms with Gasteiger partial charge >= 0.3 is 0 Å². The largest absolute Gasteiger partial charge is 0.494 e. The second-order valence-electron chi connectivity index (χ2n) is 5.14. The van der Waals surface area contributed by atoms with Crippen LogP contribution in [-0.4, -0.2) is 24.6 Å². The summed E-state index contributed by atoms with van der Waals surface area (Å²) in [5.41, 5.74) is 3.27. The lowest BCUT2D eigenvalue weighted by Gasteiger charge is -2.14. The number of hydrogen-bond donors (Lipinski definition) is 2. The minimum absolute atomic E-state index is 0.632. The quantitative estimate of drug-likeness (QED) is 0.636. The zero-order valence-electron chi connectivity index (χ0n) is 14.0. The number of nitrogens with one attached hydrogen (secondary N) is 2. The lowest BCUT2D eigenvalue weighted by atomic mass is 10.1. The van der Waals surface area contributed by atoms with Crippen LogP contribution in [0, 0.1) is 6.92 Å². The molecule has 5 nitrogen and oxygen atoms in total. The monoisotopic (exact) mass is 312 g/mol. The van der Waals surface area contributed by atoms with E-state index in [0.717, 1.165) is 23.0 Å². The second-order valence-corrected chi connectivity index (χ2v) is 5.14. The number of rotatable bonds is 6. The van der Waals surface area contributed by atoms with Crippen molar-refractivity contribution < 1.29 is 4.74 Å². The number of guanidine groups is 1. The Morgan fingerprint density at radius 3 is 2.70 bits per heavy atom. The van der Waals surface area contributed by atoms with Crippen molar-refractivity contribution >= 4 is 5.96 Å². The average molecular weight is 312 g/mol. The Kier molecular flexibility index (Phi) is 6.41. The van der Waals surface area contributed by atoms with Crippen molar-refractivity contribution in [3.63, 3.8) is 0 Å². The van der Waals surface area contributed by atoms with E-state index in [0.29, 0.717) is 19.7 Å². The Bertz CT molecular complexity index is 641. The summed E-state index contributed by atoms with van der Waals surface area (Å²) in [7, 11) is 1.76. The van der Waals surface area contributed by atoms with Crippen LogP contribution in [0.15, 0.2) is 47.6 Å². The van der Waals surface area contributed by atoms with Crippen molar-refractivity contribution in [2.24, 2.45) is 4.99 Å². The molecule has 0 fully saturated rings. The first-order valence-electron chi connectivity index (χ1n) is 7.79. The van der Waals surface area contributed by atoms with Crippen LogP contribution < -0.4 is 15.4 Å². The minimum atomic E-state index is 0.632. The number of ether oxygens (including phenoxy) is 1. The molecular weight excluding hydrogens is 288 g/mol. The summed E-state index contributed by atoms with van der Waals surface area (Å²) in [5, 5.41) is 6.56. The second kappa shape index (κ2) is 8.78. The summed E-state index contributed by atoms with van der Waals surface area (Å²) in [6.07, 6.45) is 1.79. The van der Waals surface area contributed by atoms with Crippen LogP contribution in [0.5, 0.6) is 5.75 Å². The molecule has 0 spiro atoms. The van der Waals surface area contributed by atoms with Crippen LogP contribution in [0.3, 0.4) is 0 Å². The average Bonchev–Trinajstić information content (AvgIpc) is 2.58. The molecule has 1 aromatic carbocycles. The molecule has 2 aromatic rings. The molecule has 23 heavy (non-hydrogen) atoms. The van der Waals surface area contributed by atoms with Gasteiger partial charge in [0.1, 0.15) is 5.75 Å². The maximum absolute atomic E-state index is 5.70. The molecule has 0 aliphatic carbocycles. The van der Waals surface area contributed by atoms with Gasteiger partial charge in [-0.25, -0.2) is 0 Å². The topological polar surface area (TPSA) is 58.5 Å². The Morgan fingerprint density at radius 2 is 2.00 bits per heavy atom. The number of nitrogens with zero attached hydrogens (tertiary/aromatic N) is 2. The van der Waals surface area contributed by atoms with Crippen molar-refractivity contribution in [1.82, 2.24) is 15.6 Å². The normalized spacial score (nSPS) is 11.2. The first-order valence-corrected chi connectivity index (χ1v) is 7.79. The molecule has 5 heteroatoms. The van der Waals surface area contributed by atoms with E-state index in [1.165, 1.54) is 5.56 Å². The predicted molar refractivity (Wildman–Crippen MR) is 93.6 cm³/mol. The molecule has 122 valence electrons. The standard InChI is InChI=1S/C18H24N4O/c1-4-23-17-11-14(2)8-9-15(17)12-21-18(19-3)22-13-16-7-5-6-10-20-16/h5-11H,4,12-13H2,1-3H3,(H2,19,21,22). The number of pyridine rings is 1. The number of aromatic nitrogens is 1. The Hall–Kier alpha value is -2.56. The fourth-order valence-corrected chi connectivity index (χ4v) is 2.17. The smallest absolute Gasteiger partial charge is 0.191 e. The van der Waals surface area contributed by atoms with Gasteiger partial charge in [-0.3, -0.25) is 9.98 Å². The van der Waals surface area contributed by atoms with Crippen LogP contribution in [0.25, 0.3) is 0 Å². The molecule has 0 saturated heterocycles. The molecule has 0 saturated carbocycles. The molecule has 0 unspecified atom stereocenters. The van der Waals surface area contributed by atoms with Gasteiger partial charge < -0.3 is 15.4 Å². The van der Waals surface area contributed by atoms with Crippen molar-refractivity contribution in [1.29, 1.82) is 0 Å². The van der Waals surface area contributed by atoms with Gasteiger partial charge in [0.2, 0.25) is 0 Å². The first-order chi connectivity index (χ1) is 11.2. The fourth-order valence-electron chi connectivity index (χ4n) is 2.17. The number of aliphatic imine (C=N–C) groups is 1. The zero-order chi connectivity index (χ0) is 16.5. The summed E-state index contributed by atoms with van der Waals surface area (Å²) in [6.45, 7) is 5.99. The van der Waals surface area contributed by atoms with Crippen LogP contribution in [0.2, 0.25) is 0 Å². The molecule has 0 aliphatic heterocycles. The highest BCUT2D eigenvalue weighted by Gasteiger charge is 2.05. The third-order valence-electron chi connectivity index (χ3n) is 3.36. The Balaban J connectivity index is 1.93. The predicted octanol–water partition coefficient (Wildman–Crippen LogP) is 2.65. The molecule has 0 radical (unpaired) electrons. The highest BCUT2D eigenvalue weighted by atomic mass is 16.5. The molecule has 0 amide bonds. The van der Waals surface area contributed by atoms with E-state index < -0.39 is 0 Å². The van der Waals surface area contributed by atoms with Crippen LogP contribution >= 0.6 is 0 Å². The maximum atomic E-state index is 5.70. The van der Waals surface area contributed by atoms with Gasteiger partial charge in [-0.2, -0.15) is 0 Å². The maximum Gasteiger partial charge on any atom is 0.191 e. The third kappa shape index (κ3) is 5.29. The molecule has 0 atom stereocenters. The van der Waals surface area contributed by atoms with Crippen molar-refractivity contribution in [3.8, 4) is 5.75 Å². The first kappa shape index (κ1) is 16.8. The van der Waals surface area contributed by atoms with Gasteiger partial charge in [-0.05, 0) is 37.6 Å². The summed E-state index contributed by atoms with van der Waals surface area (Å²) < 4.78 is 5.70. The minimum Gasteiger partial charge on any atom is -0.494 e. The molecule has 0 bridgehead atoms. The van der Waals surface area contributed by atoms with E-state index in [4.69, 9.17) is 4.74 Å². The number of hydrogen-bond acceptors (Lipinski definition) is 3. The van der Waals surface area contributed by atoms with E-state index in [2.05, 4.69) is 45.7 Å². The Morgan fingerprint density at radius 1 is 1.17 bits per heavy atom. The van der Waals surface area contributed by atoms with E-state index in [9.17, 15) is 0 Å². The molecule has 0 aliphatic rings. The molecule has 2 N–H and O–H groups in total.